The fourth-order valence-electron chi connectivity index (χ4n) is 5.37. The summed E-state index contributed by atoms with van der Waals surface area (Å²) in [6.45, 7) is 3.44. The molecule has 2 aromatic heterocycles. The second-order valence-electron chi connectivity index (χ2n) is 10.9. The molecule has 4 aromatic rings. The molecule has 1 saturated carbocycles. The van der Waals surface area contributed by atoms with Crippen molar-refractivity contribution in [3.05, 3.63) is 70.0 Å². The summed E-state index contributed by atoms with van der Waals surface area (Å²) in [5.74, 6) is 1.66. The summed E-state index contributed by atoms with van der Waals surface area (Å²) in [7, 11) is 3.39. The maximum absolute atomic E-state index is 9.93. The highest BCUT2D eigenvalue weighted by Crippen LogP contribution is 2.36. The maximum atomic E-state index is 9.93. The highest BCUT2D eigenvalue weighted by atomic mass is 35.5. The first-order valence-electron chi connectivity index (χ1n) is 14.3. The van der Waals surface area contributed by atoms with Gasteiger partial charge < -0.3 is 19.7 Å². The maximum Gasteiger partial charge on any atom is 0.247 e. The molecule has 2 aliphatic rings. The van der Waals surface area contributed by atoms with Crippen molar-refractivity contribution in [2.75, 3.05) is 44.1 Å². The lowest BCUT2D eigenvalue weighted by Gasteiger charge is -2.38. The summed E-state index contributed by atoms with van der Waals surface area (Å²) in [6, 6.07) is 16.3. The molecule has 0 radical (unpaired) electrons. The number of benzene rings is 2. The largest absolute Gasteiger partial charge is 0.497 e. The number of hydrogen-bond acceptors (Lipinski definition) is 10. The van der Waals surface area contributed by atoms with E-state index in [0.717, 1.165) is 62.2 Å². The molecule has 3 heterocycles. The monoisotopic (exact) mass is 597 g/mol. The van der Waals surface area contributed by atoms with E-state index in [1.165, 1.54) is 10.7 Å². The van der Waals surface area contributed by atoms with Crippen LogP contribution in [0.15, 0.2) is 42.6 Å². The molecular weight excluding hydrogens is 566 g/mol. The molecule has 0 unspecified atom stereocenters. The number of methoxy groups -OCH3 is 2. The second kappa shape index (κ2) is 12.4. The van der Waals surface area contributed by atoms with Gasteiger partial charge in [-0.05, 0) is 67.6 Å². The number of nitrogens with one attached hydrogen (secondary N) is 1. The van der Waals surface area contributed by atoms with Gasteiger partial charge in [-0.15, -0.1) is 5.10 Å². The summed E-state index contributed by atoms with van der Waals surface area (Å²) in [4.78, 5) is 13.9. The molecule has 1 N–H and O–H groups in total. The lowest BCUT2D eigenvalue weighted by molar-refractivity contribution is -0.0293. The zero-order chi connectivity index (χ0) is 29.9. The first-order valence-corrected chi connectivity index (χ1v) is 14.7. The van der Waals surface area contributed by atoms with Gasteiger partial charge in [-0.1, -0.05) is 23.7 Å². The molecule has 1 aliphatic carbocycles. The Bertz CT molecular complexity index is 1700. The number of fused-ring (bicyclic) bond motifs is 1. The number of likely N-dealkylation sites (tertiary alicyclic amines) is 1. The highest BCUT2D eigenvalue weighted by molar-refractivity contribution is 6.33. The summed E-state index contributed by atoms with van der Waals surface area (Å²) in [6.07, 6.45) is 5.55. The third-order valence-corrected chi connectivity index (χ3v) is 8.28. The van der Waals surface area contributed by atoms with Crippen LogP contribution in [0.3, 0.4) is 0 Å². The van der Waals surface area contributed by atoms with E-state index in [2.05, 4.69) is 37.3 Å². The Morgan fingerprint density at radius 1 is 1.12 bits per heavy atom. The molecule has 2 fully saturated rings. The van der Waals surface area contributed by atoms with E-state index >= 15 is 0 Å². The number of rotatable bonds is 12. The molecule has 0 amide bonds. The average Bonchev–Trinajstić information content (AvgIpc) is 3.76. The minimum absolute atomic E-state index is 0.251. The molecule has 1 aliphatic heterocycles. The Labute approximate surface area is 255 Å². The lowest BCUT2D eigenvalue weighted by atomic mass is 10.0. The van der Waals surface area contributed by atoms with Crippen LogP contribution in [-0.4, -0.2) is 70.5 Å². The van der Waals surface area contributed by atoms with Crippen LogP contribution in [0.5, 0.6) is 5.75 Å². The Balaban J connectivity index is 1.27. The van der Waals surface area contributed by atoms with Crippen molar-refractivity contribution in [1.82, 2.24) is 24.5 Å². The Morgan fingerprint density at radius 3 is 2.58 bits per heavy atom. The number of imidazole rings is 1. The van der Waals surface area contributed by atoms with Crippen LogP contribution in [0.1, 0.15) is 41.6 Å². The van der Waals surface area contributed by atoms with Crippen molar-refractivity contribution in [3.63, 3.8) is 0 Å². The highest BCUT2D eigenvalue weighted by Gasteiger charge is 2.33. The van der Waals surface area contributed by atoms with Crippen molar-refractivity contribution in [3.8, 4) is 17.9 Å². The predicted octanol–water partition coefficient (Wildman–Crippen LogP) is 4.71. The van der Waals surface area contributed by atoms with Gasteiger partial charge in [-0.25, -0.2) is 4.98 Å². The zero-order valence-electron chi connectivity index (χ0n) is 24.1. The molecular formula is C31H32ClN9O2. The van der Waals surface area contributed by atoms with Gasteiger partial charge in [0, 0.05) is 32.8 Å². The van der Waals surface area contributed by atoms with Crippen LogP contribution in [0.25, 0.3) is 5.65 Å². The minimum Gasteiger partial charge on any atom is -0.497 e. The molecule has 1 saturated heterocycles. The fourth-order valence-corrected chi connectivity index (χ4v) is 5.60. The smallest absolute Gasteiger partial charge is 0.247 e. The van der Waals surface area contributed by atoms with E-state index in [1.54, 1.807) is 20.3 Å². The molecule has 6 rings (SSSR count). The van der Waals surface area contributed by atoms with Gasteiger partial charge in [0.1, 0.15) is 11.8 Å². The lowest BCUT2D eigenvalue weighted by Crippen LogP contribution is -2.51. The first kappa shape index (κ1) is 28.7. The first-order chi connectivity index (χ1) is 21.0. The number of aromatic nitrogens is 4. The number of anilines is 3. The van der Waals surface area contributed by atoms with Gasteiger partial charge in [0.05, 0.1) is 41.8 Å². The number of ether oxygens (including phenoxy) is 2. The Kier molecular flexibility index (Phi) is 8.30. The Hall–Kier alpha value is -4.42. The van der Waals surface area contributed by atoms with E-state index in [0.29, 0.717) is 52.1 Å². The van der Waals surface area contributed by atoms with Crippen LogP contribution >= 0.6 is 11.6 Å². The third kappa shape index (κ3) is 6.20. The zero-order valence-corrected chi connectivity index (χ0v) is 24.9. The Morgan fingerprint density at radius 2 is 1.91 bits per heavy atom. The van der Waals surface area contributed by atoms with Crippen LogP contribution in [-0.2, 0) is 17.7 Å². The summed E-state index contributed by atoms with van der Waals surface area (Å²) >= 11 is 6.73. The molecule has 0 atom stereocenters. The number of aryl methyl sites for hydroxylation is 1. The molecule has 12 heteroatoms. The van der Waals surface area contributed by atoms with E-state index in [4.69, 9.17) is 26.1 Å². The van der Waals surface area contributed by atoms with Crippen molar-refractivity contribution in [1.29, 1.82) is 10.5 Å². The second-order valence-corrected chi connectivity index (χ2v) is 11.3. The summed E-state index contributed by atoms with van der Waals surface area (Å²) in [5, 5.41) is 27.9. The van der Waals surface area contributed by atoms with Gasteiger partial charge in [-0.3, -0.25) is 4.90 Å². The third-order valence-electron chi connectivity index (χ3n) is 7.97. The van der Waals surface area contributed by atoms with E-state index < -0.39 is 0 Å². The van der Waals surface area contributed by atoms with Gasteiger partial charge in [0.2, 0.25) is 5.95 Å². The molecule has 11 nitrogen and oxygen atoms in total. The summed E-state index contributed by atoms with van der Waals surface area (Å²) < 4.78 is 12.2. The van der Waals surface area contributed by atoms with Crippen molar-refractivity contribution >= 4 is 34.7 Å². The van der Waals surface area contributed by atoms with Crippen LogP contribution in [0.4, 0.5) is 17.5 Å². The van der Waals surface area contributed by atoms with Crippen LogP contribution < -0.4 is 15.0 Å². The number of nitriles is 2. The topological polar surface area (TPSA) is 128 Å². The molecule has 2 aromatic carbocycles. The molecule has 43 heavy (non-hydrogen) atoms. The normalized spacial score (nSPS) is 15.1. The quantitative estimate of drug-likeness (QED) is 0.245. The van der Waals surface area contributed by atoms with Crippen LogP contribution in [0.2, 0.25) is 5.02 Å². The standard InChI is InChI=1S/C31H32ClN9O2/c1-42-25-9-5-20(6-10-25)17-40(23-7-8-23)30-29-35-16-24(15-34)41(29)38-31(37-30)36-28-13-22(14-33)21(12-27(28)32)4-3-11-39-18-26(19-39)43-2/h5-6,9-10,12-13,16,23,26H,3-4,7-8,11,17-19H2,1-2H3,(H,36,38). The van der Waals surface area contributed by atoms with Gasteiger partial charge in [0.25, 0.3) is 0 Å². The van der Waals surface area contributed by atoms with Crippen molar-refractivity contribution in [2.24, 2.45) is 0 Å². The van der Waals surface area contributed by atoms with Gasteiger partial charge in [-0.2, -0.15) is 20.0 Å². The minimum atomic E-state index is 0.251. The van der Waals surface area contributed by atoms with E-state index in [-0.39, 0.29) is 5.95 Å². The average molecular weight is 598 g/mol. The summed E-state index contributed by atoms with van der Waals surface area (Å²) in [5.41, 5.74) is 3.85. The number of nitrogens with zero attached hydrogens (tertiary/aromatic N) is 8. The molecule has 0 spiro atoms. The van der Waals surface area contributed by atoms with Crippen molar-refractivity contribution in [2.45, 2.75) is 44.4 Å². The van der Waals surface area contributed by atoms with Gasteiger partial charge >= 0.3 is 0 Å². The SMILES string of the molecule is COc1ccc(CN(c2nc(Nc3cc(C#N)c(CCCN4CC(OC)C4)cc3Cl)nn3c(C#N)cnc23)C2CC2)cc1. The molecule has 220 valence electrons. The van der Waals surface area contributed by atoms with E-state index in [9.17, 15) is 10.5 Å². The van der Waals surface area contributed by atoms with Crippen LogP contribution in [0, 0.1) is 22.7 Å². The predicted molar refractivity (Wildman–Crippen MR) is 163 cm³/mol. The number of hydrogen-bond donors (Lipinski definition) is 1. The fraction of sp³-hybridized carbons (Fsp3) is 0.387. The molecule has 0 bridgehead atoms. The van der Waals surface area contributed by atoms with E-state index in [1.807, 2.05) is 30.3 Å². The number of halogens is 1. The van der Waals surface area contributed by atoms with Crippen molar-refractivity contribution < 1.29 is 9.47 Å². The van der Waals surface area contributed by atoms with Gasteiger partial charge in [0.15, 0.2) is 17.2 Å².